The number of aryl methyl sites for hydroxylation is 1. The van der Waals surface area contributed by atoms with Gasteiger partial charge in [-0.25, -0.2) is 23.2 Å². The average Bonchev–Trinajstić information content (AvgIpc) is 2.16. The fourth-order valence-corrected chi connectivity index (χ4v) is 2.14. The van der Waals surface area contributed by atoms with E-state index in [-0.39, 0.29) is 5.69 Å². The van der Waals surface area contributed by atoms with Gasteiger partial charge >= 0.3 is 6.09 Å². The maximum atomic E-state index is 12.0. The Morgan fingerprint density at radius 1 is 1.37 bits per heavy atom. The monoisotopic (exact) mass is 287 g/mol. The van der Waals surface area contributed by atoms with Gasteiger partial charge in [-0.2, -0.15) is 4.31 Å². The van der Waals surface area contributed by atoms with Crippen LogP contribution in [0.15, 0.2) is 12.5 Å². The van der Waals surface area contributed by atoms with Crippen molar-refractivity contribution >= 4 is 21.8 Å². The molecule has 7 nitrogen and oxygen atoms in total. The average molecular weight is 287 g/mol. The molecule has 1 aromatic heterocycles. The maximum absolute atomic E-state index is 12.0. The van der Waals surface area contributed by atoms with E-state index in [0.29, 0.717) is 10.00 Å². The summed E-state index contributed by atoms with van der Waals surface area (Å²) in [6.45, 7) is 6.54. The van der Waals surface area contributed by atoms with Crippen LogP contribution in [0.5, 0.6) is 0 Å². The van der Waals surface area contributed by atoms with Gasteiger partial charge in [0.15, 0.2) is 0 Å². The number of hydrogen-bond donors (Lipinski definition) is 0. The molecular formula is C11H17N3O4S. The first-order valence-electron chi connectivity index (χ1n) is 5.52. The van der Waals surface area contributed by atoms with Crippen LogP contribution in [-0.4, -0.2) is 36.3 Å². The predicted molar refractivity (Wildman–Crippen MR) is 70.3 cm³/mol. The molecule has 0 atom stereocenters. The zero-order valence-electron chi connectivity index (χ0n) is 11.5. The van der Waals surface area contributed by atoms with Crippen molar-refractivity contribution in [2.24, 2.45) is 0 Å². The van der Waals surface area contributed by atoms with Crippen molar-refractivity contribution in [3.05, 3.63) is 18.2 Å². The van der Waals surface area contributed by atoms with Crippen molar-refractivity contribution in [3.63, 3.8) is 0 Å². The molecule has 0 aliphatic heterocycles. The molecule has 1 aromatic rings. The Morgan fingerprint density at radius 3 is 2.37 bits per heavy atom. The van der Waals surface area contributed by atoms with E-state index in [2.05, 4.69) is 9.97 Å². The first kappa shape index (κ1) is 15.4. The van der Waals surface area contributed by atoms with Crippen molar-refractivity contribution in [2.75, 3.05) is 10.6 Å². The zero-order valence-corrected chi connectivity index (χ0v) is 12.4. The molecule has 0 aliphatic carbocycles. The van der Waals surface area contributed by atoms with Gasteiger partial charge in [-0.1, -0.05) is 0 Å². The minimum atomic E-state index is -3.83. The summed E-state index contributed by atoms with van der Waals surface area (Å²) in [6.07, 6.45) is 2.47. The molecule has 0 saturated carbocycles. The van der Waals surface area contributed by atoms with E-state index in [0.717, 1.165) is 6.26 Å². The van der Waals surface area contributed by atoms with Crippen LogP contribution in [0.2, 0.25) is 0 Å². The molecule has 0 aromatic carbocycles. The molecule has 0 radical (unpaired) electrons. The number of carbonyl (C=O) groups is 1. The van der Waals surface area contributed by atoms with Gasteiger partial charge in [-0.3, -0.25) is 0 Å². The number of carbonyl (C=O) groups excluding carboxylic acids is 1. The summed E-state index contributed by atoms with van der Waals surface area (Å²) < 4.78 is 29.2. The molecule has 19 heavy (non-hydrogen) atoms. The SMILES string of the molecule is Cc1ncncc1N(C(=O)OC(C)(C)C)S(C)(=O)=O. The first-order chi connectivity index (χ1) is 8.52. The maximum Gasteiger partial charge on any atom is 0.428 e. The molecule has 1 heterocycles. The van der Waals surface area contributed by atoms with Crippen molar-refractivity contribution in [1.82, 2.24) is 9.97 Å². The third-order valence-corrected chi connectivity index (χ3v) is 3.00. The second-order valence-electron chi connectivity index (χ2n) is 5.00. The van der Waals surface area contributed by atoms with Crippen molar-refractivity contribution < 1.29 is 17.9 Å². The van der Waals surface area contributed by atoms with E-state index >= 15 is 0 Å². The minimum Gasteiger partial charge on any atom is -0.443 e. The summed E-state index contributed by atoms with van der Waals surface area (Å²) in [7, 11) is -3.83. The highest BCUT2D eigenvalue weighted by atomic mass is 32.2. The van der Waals surface area contributed by atoms with Gasteiger partial charge in [0.25, 0.3) is 0 Å². The van der Waals surface area contributed by atoms with Gasteiger partial charge < -0.3 is 4.74 Å². The van der Waals surface area contributed by atoms with Crippen LogP contribution in [0.3, 0.4) is 0 Å². The molecule has 0 fully saturated rings. The van der Waals surface area contributed by atoms with E-state index < -0.39 is 21.7 Å². The second-order valence-corrected chi connectivity index (χ2v) is 6.83. The number of aromatic nitrogens is 2. The normalized spacial score (nSPS) is 12.1. The molecule has 0 saturated heterocycles. The lowest BCUT2D eigenvalue weighted by Gasteiger charge is -2.26. The summed E-state index contributed by atoms with van der Waals surface area (Å²) in [5.41, 5.74) is -0.352. The van der Waals surface area contributed by atoms with Crippen molar-refractivity contribution in [3.8, 4) is 0 Å². The number of rotatable bonds is 2. The summed E-state index contributed by atoms with van der Waals surface area (Å²) in [6, 6.07) is 0. The van der Waals surface area contributed by atoms with Crippen LogP contribution < -0.4 is 4.31 Å². The highest BCUT2D eigenvalue weighted by Gasteiger charge is 2.31. The molecule has 8 heteroatoms. The topological polar surface area (TPSA) is 89.5 Å². The third kappa shape index (κ3) is 4.16. The number of hydrogen-bond acceptors (Lipinski definition) is 6. The summed E-state index contributed by atoms with van der Waals surface area (Å²) in [5, 5.41) is 0. The fourth-order valence-electron chi connectivity index (χ4n) is 1.30. The van der Waals surface area contributed by atoms with Crippen LogP contribution in [0.1, 0.15) is 26.5 Å². The Morgan fingerprint density at radius 2 is 1.95 bits per heavy atom. The van der Waals surface area contributed by atoms with E-state index in [4.69, 9.17) is 4.74 Å². The molecule has 0 spiro atoms. The van der Waals surface area contributed by atoms with Crippen LogP contribution in [0, 0.1) is 6.92 Å². The number of nitrogens with zero attached hydrogens (tertiary/aromatic N) is 3. The molecule has 1 amide bonds. The lowest BCUT2D eigenvalue weighted by Crippen LogP contribution is -2.41. The number of amides is 1. The fraction of sp³-hybridized carbons (Fsp3) is 0.545. The van der Waals surface area contributed by atoms with Crippen LogP contribution in [0.25, 0.3) is 0 Å². The van der Waals surface area contributed by atoms with Gasteiger partial charge in [0, 0.05) is 0 Å². The number of ether oxygens (including phenoxy) is 1. The van der Waals surface area contributed by atoms with Gasteiger partial charge in [0.2, 0.25) is 10.0 Å². The summed E-state index contributed by atoms with van der Waals surface area (Å²) in [5.74, 6) is 0. The quantitative estimate of drug-likeness (QED) is 0.818. The summed E-state index contributed by atoms with van der Waals surface area (Å²) in [4.78, 5) is 19.6. The highest BCUT2D eigenvalue weighted by molar-refractivity contribution is 7.92. The Kier molecular flexibility index (Phi) is 4.14. The van der Waals surface area contributed by atoms with Crippen LogP contribution >= 0.6 is 0 Å². The molecule has 0 unspecified atom stereocenters. The first-order valence-corrected chi connectivity index (χ1v) is 7.37. The van der Waals surface area contributed by atoms with Gasteiger partial charge in [-0.05, 0) is 27.7 Å². The van der Waals surface area contributed by atoms with Gasteiger partial charge in [-0.15, -0.1) is 0 Å². The molecule has 106 valence electrons. The van der Waals surface area contributed by atoms with E-state index in [9.17, 15) is 13.2 Å². The molecule has 0 N–H and O–H groups in total. The standard InChI is InChI=1S/C11H17N3O4S/c1-8-9(6-12-7-13-8)14(19(5,16)17)10(15)18-11(2,3)4/h6-7H,1-5H3. The van der Waals surface area contributed by atoms with E-state index in [1.54, 1.807) is 27.7 Å². The third-order valence-electron chi connectivity index (χ3n) is 2.00. The summed E-state index contributed by atoms with van der Waals surface area (Å²) >= 11 is 0. The van der Waals surface area contributed by atoms with Crippen LogP contribution in [0.4, 0.5) is 10.5 Å². The molecule has 0 bridgehead atoms. The largest absolute Gasteiger partial charge is 0.443 e. The van der Waals surface area contributed by atoms with Crippen LogP contribution in [-0.2, 0) is 14.8 Å². The Balaban J connectivity index is 3.26. The Labute approximate surface area is 112 Å². The van der Waals surface area contributed by atoms with Gasteiger partial charge in [0.1, 0.15) is 17.6 Å². The minimum absolute atomic E-state index is 0.0826. The molecule has 1 rings (SSSR count). The second kappa shape index (κ2) is 5.12. The van der Waals surface area contributed by atoms with E-state index in [1.807, 2.05) is 0 Å². The molecular weight excluding hydrogens is 270 g/mol. The Bertz CT molecular complexity index is 578. The lowest BCUT2D eigenvalue weighted by molar-refractivity contribution is 0.0609. The van der Waals surface area contributed by atoms with Crippen molar-refractivity contribution in [2.45, 2.75) is 33.3 Å². The number of sulfonamides is 1. The number of anilines is 1. The van der Waals surface area contributed by atoms with Gasteiger partial charge in [0.05, 0.1) is 18.1 Å². The lowest BCUT2D eigenvalue weighted by atomic mass is 10.2. The van der Waals surface area contributed by atoms with E-state index in [1.165, 1.54) is 12.5 Å². The zero-order chi connectivity index (χ0) is 14.8. The molecule has 0 aliphatic rings. The van der Waals surface area contributed by atoms with Crippen molar-refractivity contribution in [1.29, 1.82) is 0 Å². The Hall–Kier alpha value is -1.70. The smallest absolute Gasteiger partial charge is 0.428 e. The predicted octanol–water partition coefficient (Wildman–Crippen LogP) is 1.49. The highest BCUT2D eigenvalue weighted by Crippen LogP contribution is 2.22.